The summed E-state index contributed by atoms with van der Waals surface area (Å²) in [5.41, 5.74) is 0. The summed E-state index contributed by atoms with van der Waals surface area (Å²) in [5, 5.41) is 3.49. The van der Waals surface area contributed by atoms with Crippen molar-refractivity contribution in [1.29, 1.82) is 0 Å². The molecule has 4 nitrogen and oxygen atoms in total. The van der Waals surface area contributed by atoms with Crippen LogP contribution in [0.4, 0.5) is 0 Å². The van der Waals surface area contributed by atoms with E-state index in [4.69, 9.17) is 9.47 Å². The van der Waals surface area contributed by atoms with E-state index < -0.39 is 0 Å². The van der Waals surface area contributed by atoms with Crippen LogP contribution in [0.25, 0.3) is 21.5 Å². The number of fused-ring (bicyclic) bond motifs is 2. The lowest BCUT2D eigenvalue weighted by atomic mass is 10.0. The Balaban J connectivity index is 2.28. The minimum atomic E-state index is -0.374. The van der Waals surface area contributed by atoms with Gasteiger partial charge in [0.2, 0.25) is 0 Å². The van der Waals surface area contributed by atoms with Crippen molar-refractivity contribution in [3.63, 3.8) is 0 Å². The van der Waals surface area contributed by atoms with Crippen molar-refractivity contribution in [2.75, 3.05) is 0 Å². The third-order valence-corrected chi connectivity index (χ3v) is 3.31. The van der Waals surface area contributed by atoms with Crippen LogP contribution in [0.3, 0.4) is 0 Å². The highest BCUT2D eigenvalue weighted by atomic mass is 16.5. The van der Waals surface area contributed by atoms with Crippen molar-refractivity contribution < 1.29 is 19.1 Å². The third kappa shape index (κ3) is 2.63. The minimum absolute atomic E-state index is 0.374. The lowest BCUT2D eigenvalue weighted by Crippen LogP contribution is -2.02. The second-order valence-electron chi connectivity index (χ2n) is 4.99. The van der Waals surface area contributed by atoms with Crippen LogP contribution in [-0.2, 0) is 9.59 Å². The molecule has 22 heavy (non-hydrogen) atoms. The van der Waals surface area contributed by atoms with Crippen molar-refractivity contribution in [1.82, 2.24) is 0 Å². The molecule has 3 aromatic carbocycles. The second kappa shape index (κ2) is 5.48. The summed E-state index contributed by atoms with van der Waals surface area (Å²) in [4.78, 5) is 22.5. The first-order chi connectivity index (χ1) is 10.5. The quantitative estimate of drug-likeness (QED) is 0.409. The van der Waals surface area contributed by atoms with E-state index in [1.54, 1.807) is 12.1 Å². The molecule has 0 saturated carbocycles. The van der Waals surface area contributed by atoms with E-state index in [1.165, 1.54) is 13.8 Å². The van der Waals surface area contributed by atoms with Gasteiger partial charge in [-0.3, -0.25) is 9.59 Å². The Kier molecular flexibility index (Phi) is 3.51. The van der Waals surface area contributed by atoms with Crippen LogP contribution in [0.15, 0.2) is 48.5 Å². The first-order valence-electron chi connectivity index (χ1n) is 6.87. The highest BCUT2D eigenvalue weighted by Crippen LogP contribution is 2.34. The lowest BCUT2D eigenvalue weighted by molar-refractivity contribution is -0.132. The molecule has 0 amide bonds. The smallest absolute Gasteiger partial charge is 0.308 e. The van der Waals surface area contributed by atoms with Crippen LogP contribution >= 0.6 is 0 Å². The summed E-state index contributed by atoms with van der Waals surface area (Å²) >= 11 is 0. The van der Waals surface area contributed by atoms with E-state index >= 15 is 0 Å². The highest BCUT2D eigenvalue weighted by Gasteiger charge is 2.10. The van der Waals surface area contributed by atoms with E-state index in [0.29, 0.717) is 11.5 Å². The van der Waals surface area contributed by atoms with Gasteiger partial charge in [-0.15, -0.1) is 0 Å². The summed E-state index contributed by atoms with van der Waals surface area (Å²) in [5.74, 6) is 0.232. The average molecular weight is 294 g/mol. The van der Waals surface area contributed by atoms with Crippen molar-refractivity contribution in [3.05, 3.63) is 48.5 Å². The number of hydrogen-bond donors (Lipinski definition) is 0. The van der Waals surface area contributed by atoms with E-state index in [-0.39, 0.29) is 11.9 Å². The van der Waals surface area contributed by atoms with Gasteiger partial charge in [-0.2, -0.15) is 0 Å². The van der Waals surface area contributed by atoms with Gasteiger partial charge in [-0.05, 0) is 35.0 Å². The van der Waals surface area contributed by atoms with E-state index in [1.807, 2.05) is 36.4 Å². The molecular formula is C18H14O4. The maximum Gasteiger partial charge on any atom is 0.308 e. The Labute approximate surface area is 127 Å². The van der Waals surface area contributed by atoms with Crippen LogP contribution in [0, 0.1) is 0 Å². The topological polar surface area (TPSA) is 52.6 Å². The molecule has 0 aromatic heterocycles. The van der Waals surface area contributed by atoms with Crippen LogP contribution < -0.4 is 9.47 Å². The minimum Gasteiger partial charge on any atom is -0.426 e. The van der Waals surface area contributed by atoms with Crippen molar-refractivity contribution in [2.45, 2.75) is 13.8 Å². The number of rotatable bonds is 2. The van der Waals surface area contributed by atoms with Gasteiger partial charge in [0, 0.05) is 24.6 Å². The highest BCUT2D eigenvalue weighted by molar-refractivity contribution is 6.04. The SMILES string of the molecule is CC(=O)Oc1cccc2cc3cccc(OC(C)=O)c3cc12. The number of carbonyl (C=O) groups excluding carboxylic acids is 2. The number of ether oxygens (including phenoxy) is 2. The Morgan fingerprint density at radius 2 is 1.18 bits per heavy atom. The fraction of sp³-hybridized carbons (Fsp3) is 0.111. The summed E-state index contributed by atoms with van der Waals surface area (Å²) in [6.45, 7) is 2.73. The van der Waals surface area contributed by atoms with Crippen LogP contribution in [-0.4, -0.2) is 11.9 Å². The Bertz CT molecular complexity index is 825. The monoisotopic (exact) mass is 294 g/mol. The molecule has 3 rings (SSSR count). The Morgan fingerprint density at radius 1 is 0.727 bits per heavy atom. The molecular weight excluding hydrogens is 280 g/mol. The number of carbonyl (C=O) groups is 2. The molecule has 0 N–H and O–H groups in total. The molecule has 0 radical (unpaired) electrons. The van der Waals surface area contributed by atoms with E-state index in [0.717, 1.165) is 21.5 Å². The van der Waals surface area contributed by atoms with Gasteiger partial charge in [0.05, 0.1) is 0 Å². The number of benzene rings is 3. The van der Waals surface area contributed by atoms with E-state index in [2.05, 4.69) is 0 Å². The fourth-order valence-corrected chi connectivity index (χ4v) is 2.48. The second-order valence-corrected chi connectivity index (χ2v) is 4.99. The van der Waals surface area contributed by atoms with Crippen molar-refractivity contribution in [2.24, 2.45) is 0 Å². The maximum absolute atomic E-state index is 11.2. The normalized spacial score (nSPS) is 10.6. The van der Waals surface area contributed by atoms with Gasteiger partial charge in [-0.25, -0.2) is 0 Å². The van der Waals surface area contributed by atoms with E-state index in [9.17, 15) is 9.59 Å². The van der Waals surface area contributed by atoms with Crippen LogP contribution in [0.1, 0.15) is 13.8 Å². The molecule has 0 spiro atoms. The Hall–Kier alpha value is -2.88. The van der Waals surface area contributed by atoms with Crippen LogP contribution in [0.2, 0.25) is 0 Å². The zero-order valence-electron chi connectivity index (χ0n) is 12.3. The molecule has 3 aromatic rings. The van der Waals surface area contributed by atoms with Gasteiger partial charge >= 0.3 is 11.9 Å². The zero-order valence-corrected chi connectivity index (χ0v) is 12.3. The van der Waals surface area contributed by atoms with Crippen molar-refractivity contribution in [3.8, 4) is 11.5 Å². The van der Waals surface area contributed by atoms with Crippen molar-refractivity contribution >= 4 is 33.5 Å². The van der Waals surface area contributed by atoms with Gasteiger partial charge in [0.1, 0.15) is 11.5 Å². The standard InChI is InChI=1S/C18H14O4/c1-11(19)21-17-7-3-5-13-9-14-6-4-8-18(22-12(2)20)16(14)10-15(13)17/h3-10H,1-2H3. The molecule has 0 saturated heterocycles. The number of hydrogen-bond acceptors (Lipinski definition) is 4. The predicted molar refractivity (Wildman–Crippen MR) is 84.1 cm³/mol. The molecule has 0 aliphatic rings. The summed E-state index contributed by atoms with van der Waals surface area (Å²) in [6.07, 6.45) is 0. The maximum atomic E-state index is 11.2. The van der Waals surface area contributed by atoms with Gasteiger partial charge in [-0.1, -0.05) is 24.3 Å². The van der Waals surface area contributed by atoms with Gasteiger partial charge in [0.25, 0.3) is 0 Å². The van der Waals surface area contributed by atoms with Gasteiger partial charge < -0.3 is 9.47 Å². The lowest BCUT2D eigenvalue weighted by Gasteiger charge is -2.10. The predicted octanol–water partition coefficient (Wildman–Crippen LogP) is 3.84. The summed E-state index contributed by atoms with van der Waals surface area (Å²) in [6, 6.07) is 14.9. The molecule has 0 heterocycles. The molecule has 0 unspecified atom stereocenters. The molecule has 0 bridgehead atoms. The third-order valence-electron chi connectivity index (χ3n) is 3.31. The summed E-state index contributed by atoms with van der Waals surface area (Å²) in [7, 11) is 0. The summed E-state index contributed by atoms with van der Waals surface area (Å²) < 4.78 is 10.5. The molecule has 110 valence electrons. The zero-order chi connectivity index (χ0) is 15.7. The molecule has 4 heteroatoms. The molecule has 0 aliphatic heterocycles. The molecule has 0 atom stereocenters. The Morgan fingerprint density at radius 3 is 1.59 bits per heavy atom. The molecule has 0 aliphatic carbocycles. The molecule has 0 fully saturated rings. The average Bonchev–Trinajstić information content (AvgIpc) is 2.45. The largest absolute Gasteiger partial charge is 0.426 e. The van der Waals surface area contributed by atoms with Gasteiger partial charge in [0.15, 0.2) is 0 Å². The first kappa shape index (κ1) is 14.1. The fourth-order valence-electron chi connectivity index (χ4n) is 2.48. The first-order valence-corrected chi connectivity index (χ1v) is 6.87. The van der Waals surface area contributed by atoms with Crippen LogP contribution in [0.5, 0.6) is 11.5 Å². The number of esters is 2.